The maximum Gasteiger partial charge on any atom is 0.336 e. The minimum atomic E-state index is -0.442. The lowest BCUT2D eigenvalue weighted by Crippen LogP contribution is -1.97. The summed E-state index contributed by atoms with van der Waals surface area (Å²) in [4.78, 5) is 11.5. The number of hydrogen-bond acceptors (Lipinski definition) is 5. The van der Waals surface area contributed by atoms with Gasteiger partial charge in [-0.1, -0.05) is 12.1 Å². The van der Waals surface area contributed by atoms with Gasteiger partial charge in [-0.15, -0.1) is 0 Å². The van der Waals surface area contributed by atoms with E-state index in [9.17, 15) is 15.0 Å². The Morgan fingerprint density at radius 2 is 1.78 bits per heavy atom. The summed E-state index contributed by atoms with van der Waals surface area (Å²) in [5.74, 6) is 0.172. The highest BCUT2D eigenvalue weighted by Crippen LogP contribution is 2.30. The van der Waals surface area contributed by atoms with Crippen molar-refractivity contribution in [1.82, 2.24) is 0 Å². The Bertz CT molecular complexity index is 953. The van der Waals surface area contributed by atoms with Crippen LogP contribution in [0.3, 0.4) is 0 Å². The zero-order valence-electron chi connectivity index (χ0n) is 12.3. The maximum absolute atomic E-state index is 11.5. The molecule has 0 fully saturated rings. The molecule has 0 saturated heterocycles. The summed E-state index contributed by atoms with van der Waals surface area (Å²) in [6, 6.07) is 11.1. The van der Waals surface area contributed by atoms with Gasteiger partial charge in [-0.3, -0.25) is 0 Å². The van der Waals surface area contributed by atoms with Crippen LogP contribution in [0.4, 0.5) is 0 Å². The van der Waals surface area contributed by atoms with E-state index in [-0.39, 0.29) is 11.5 Å². The van der Waals surface area contributed by atoms with Gasteiger partial charge in [0.1, 0.15) is 11.3 Å². The van der Waals surface area contributed by atoms with Crippen molar-refractivity contribution in [2.24, 2.45) is 0 Å². The lowest BCUT2D eigenvalue weighted by Gasteiger charge is -2.07. The zero-order chi connectivity index (χ0) is 16.4. The van der Waals surface area contributed by atoms with Crippen molar-refractivity contribution in [3.63, 3.8) is 0 Å². The Morgan fingerprint density at radius 3 is 2.52 bits per heavy atom. The topological polar surface area (TPSA) is 79.9 Å². The number of methoxy groups -OCH3 is 1. The van der Waals surface area contributed by atoms with Gasteiger partial charge < -0.3 is 19.4 Å². The Morgan fingerprint density at radius 1 is 1.00 bits per heavy atom. The number of fused-ring (bicyclic) bond motifs is 1. The standard InChI is InChI=1S/C18H14O5/c1-22-16-8-4-12-5-9-17(21)23-18(12)13(16)6-2-11-3-7-14(19)15(20)10-11/h2-10,19-20H,1H3/b6-2+. The molecule has 0 aliphatic carbocycles. The van der Waals surface area contributed by atoms with Crippen LogP contribution >= 0.6 is 0 Å². The first-order valence-electron chi connectivity index (χ1n) is 6.89. The molecule has 3 aromatic rings. The van der Waals surface area contributed by atoms with E-state index < -0.39 is 5.63 Å². The van der Waals surface area contributed by atoms with Gasteiger partial charge in [0.2, 0.25) is 0 Å². The lowest BCUT2D eigenvalue weighted by molar-refractivity contribution is 0.403. The van der Waals surface area contributed by atoms with Crippen LogP contribution in [0.25, 0.3) is 23.1 Å². The Balaban J connectivity index is 2.13. The molecular formula is C18H14O5. The van der Waals surface area contributed by atoms with E-state index in [2.05, 4.69) is 0 Å². The van der Waals surface area contributed by atoms with Gasteiger partial charge in [0.05, 0.1) is 12.7 Å². The third-order valence-corrected chi connectivity index (χ3v) is 3.45. The fourth-order valence-electron chi connectivity index (χ4n) is 2.30. The van der Waals surface area contributed by atoms with Crippen LogP contribution in [0.2, 0.25) is 0 Å². The first-order valence-corrected chi connectivity index (χ1v) is 6.89. The van der Waals surface area contributed by atoms with Crippen LogP contribution in [0, 0.1) is 0 Å². The molecule has 5 heteroatoms. The highest BCUT2D eigenvalue weighted by molar-refractivity contribution is 5.91. The van der Waals surface area contributed by atoms with Crippen LogP contribution in [-0.2, 0) is 0 Å². The molecule has 0 unspecified atom stereocenters. The van der Waals surface area contributed by atoms with Crippen molar-refractivity contribution < 1.29 is 19.4 Å². The van der Waals surface area contributed by atoms with E-state index in [1.165, 1.54) is 25.3 Å². The monoisotopic (exact) mass is 310 g/mol. The van der Waals surface area contributed by atoms with Crippen LogP contribution in [0.1, 0.15) is 11.1 Å². The third kappa shape index (κ3) is 2.89. The summed E-state index contributed by atoms with van der Waals surface area (Å²) in [6.45, 7) is 0. The largest absolute Gasteiger partial charge is 0.504 e. The van der Waals surface area contributed by atoms with Crippen molar-refractivity contribution in [2.45, 2.75) is 0 Å². The average molecular weight is 310 g/mol. The van der Waals surface area contributed by atoms with Crippen LogP contribution in [0.15, 0.2) is 51.7 Å². The number of ether oxygens (including phenoxy) is 1. The Labute approximate surface area is 131 Å². The van der Waals surface area contributed by atoms with Gasteiger partial charge in [-0.05, 0) is 42.0 Å². The molecule has 0 aliphatic heterocycles. The normalized spacial score (nSPS) is 11.2. The molecule has 1 aromatic heterocycles. The average Bonchev–Trinajstić information content (AvgIpc) is 2.55. The minimum absolute atomic E-state index is 0.184. The quantitative estimate of drug-likeness (QED) is 0.440. The predicted octanol–water partition coefficient (Wildman–Crippen LogP) is 3.38. The number of rotatable bonds is 3. The highest BCUT2D eigenvalue weighted by atomic mass is 16.5. The second kappa shape index (κ2) is 5.88. The summed E-state index contributed by atoms with van der Waals surface area (Å²) >= 11 is 0. The van der Waals surface area contributed by atoms with Crippen molar-refractivity contribution in [2.75, 3.05) is 7.11 Å². The van der Waals surface area contributed by atoms with Crippen LogP contribution in [-0.4, -0.2) is 17.3 Å². The summed E-state index contributed by atoms with van der Waals surface area (Å²) in [7, 11) is 1.53. The van der Waals surface area contributed by atoms with Crippen LogP contribution in [0.5, 0.6) is 17.2 Å². The van der Waals surface area contributed by atoms with Gasteiger partial charge in [0.25, 0.3) is 0 Å². The van der Waals surface area contributed by atoms with E-state index in [1.54, 1.807) is 36.4 Å². The van der Waals surface area contributed by atoms with E-state index in [4.69, 9.17) is 9.15 Å². The molecule has 116 valence electrons. The number of benzene rings is 2. The van der Waals surface area contributed by atoms with Crippen LogP contribution < -0.4 is 10.4 Å². The molecule has 0 aliphatic rings. The molecule has 5 nitrogen and oxygen atoms in total. The number of hydrogen-bond donors (Lipinski definition) is 2. The van der Waals surface area contributed by atoms with Gasteiger partial charge in [0.15, 0.2) is 11.5 Å². The first kappa shape index (κ1) is 14.7. The molecule has 1 heterocycles. The summed E-state index contributed by atoms with van der Waals surface area (Å²) in [5.41, 5.74) is 1.28. The number of phenols is 2. The SMILES string of the molecule is COc1ccc2ccc(=O)oc2c1/C=C/c1ccc(O)c(O)c1. The summed E-state index contributed by atoms with van der Waals surface area (Å²) in [6.07, 6.45) is 3.46. The van der Waals surface area contributed by atoms with Crippen molar-refractivity contribution in [3.05, 3.63) is 64.0 Å². The zero-order valence-corrected chi connectivity index (χ0v) is 12.3. The van der Waals surface area contributed by atoms with Crippen molar-refractivity contribution in [1.29, 1.82) is 0 Å². The summed E-state index contributed by atoms with van der Waals surface area (Å²) in [5, 5.41) is 19.7. The molecule has 0 atom stereocenters. The molecule has 0 saturated carbocycles. The van der Waals surface area contributed by atoms with E-state index in [1.807, 2.05) is 0 Å². The third-order valence-electron chi connectivity index (χ3n) is 3.45. The lowest BCUT2D eigenvalue weighted by atomic mass is 10.1. The second-order valence-corrected chi connectivity index (χ2v) is 4.94. The Hall–Kier alpha value is -3.21. The first-order chi connectivity index (χ1) is 11.1. The van der Waals surface area contributed by atoms with E-state index in [0.717, 1.165) is 5.39 Å². The molecular weight excluding hydrogens is 296 g/mol. The Kier molecular flexibility index (Phi) is 3.76. The maximum atomic E-state index is 11.5. The molecule has 2 aromatic carbocycles. The fourth-order valence-corrected chi connectivity index (χ4v) is 2.30. The van der Waals surface area contributed by atoms with Gasteiger partial charge in [-0.25, -0.2) is 4.79 Å². The van der Waals surface area contributed by atoms with Gasteiger partial charge >= 0.3 is 5.63 Å². The van der Waals surface area contributed by atoms with Gasteiger partial charge in [-0.2, -0.15) is 0 Å². The fraction of sp³-hybridized carbons (Fsp3) is 0.0556. The van der Waals surface area contributed by atoms with Crippen molar-refractivity contribution >= 4 is 23.1 Å². The molecule has 0 bridgehead atoms. The second-order valence-electron chi connectivity index (χ2n) is 4.94. The van der Waals surface area contributed by atoms with E-state index in [0.29, 0.717) is 22.5 Å². The molecule has 0 radical (unpaired) electrons. The number of phenolic OH excluding ortho intramolecular Hbond substituents is 2. The predicted molar refractivity (Wildman–Crippen MR) is 87.7 cm³/mol. The summed E-state index contributed by atoms with van der Waals surface area (Å²) < 4.78 is 10.6. The minimum Gasteiger partial charge on any atom is -0.504 e. The molecule has 3 rings (SSSR count). The smallest absolute Gasteiger partial charge is 0.336 e. The highest BCUT2D eigenvalue weighted by Gasteiger charge is 2.09. The molecule has 23 heavy (non-hydrogen) atoms. The van der Waals surface area contributed by atoms with Gasteiger partial charge in [0, 0.05) is 11.5 Å². The molecule has 0 amide bonds. The number of aromatic hydroxyl groups is 2. The van der Waals surface area contributed by atoms with Crippen molar-refractivity contribution in [3.8, 4) is 17.2 Å². The molecule has 0 spiro atoms. The van der Waals surface area contributed by atoms with E-state index >= 15 is 0 Å². The molecule has 2 N–H and O–H groups in total.